The van der Waals surface area contributed by atoms with Gasteiger partial charge in [-0.2, -0.15) is 4.80 Å². The van der Waals surface area contributed by atoms with Gasteiger partial charge in [0.1, 0.15) is 33.1 Å². The Morgan fingerprint density at radius 2 is 0.695 bits per heavy atom. The summed E-state index contributed by atoms with van der Waals surface area (Å²) in [6, 6.07) is 57.6. The Kier molecular flexibility index (Phi) is 10.8. The van der Waals surface area contributed by atoms with Crippen molar-refractivity contribution >= 4 is 54.6 Å². The molecule has 0 aliphatic heterocycles. The molecule has 291 valence electrons. The third-order valence-electron chi connectivity index (χ3n) is 9.86. The Bertz CT molecular complexity index is 2960. The van der Waals surface area contributed by atoms with E-state index < -0.39 is 0 Å². The molecule has 0 aliphatic carbocycles. The molecule has 0 saturated carbocycles. The predicted octanol–water partition coefficient (Wildman–Crippen LogP) is 9.94. The van der Waals surface area contributed by atoms with Gasteiger partial charge >= 0.3 is 0 Å². The van der Waals surface area contributed by atoms with Crippen LogP contribution < -0.4 is 5.11 Å². The average Bonchev–Trinajstić information content (AvgIpc) is 4.01. The second kappa shape index (κ2) is 16.4. The summed E-state index contributed by atoms with van der Waals surface area (Å²) in [5, 5.41) is 43.7. The Morgan fingerprint density at radius 3 is 1.07 bits per heavy atom. The van der Waals surface area contributed by atoms with E-state index in [0.717, 1.165) is 60.8 Å². The minimum atomic E-state index is -0.0710. The molecule has 11 aromatic rings. The molecule has 59 heavy (non-hydrogen) atoms. The van der Waals surface area contributed by atoms with Crippen LogP contribution in [0.1, 0.15) is 26.3 Å². The van der Waals surface area contributed by atoms with Gasteiger partial charge in [0.05, 0.1) is 17.1 Å². The van der Waals surface area contributed by atoms with Crippen LogP contribution in [0.4, 0.5) is 0 Å². The number of rotatable bonds is 3. The minimum Gasteiger partial charge on any atom is -0.871 e. The van der Waals surface area contributed by atoms with Gasteiger partial charge in [0, 0.05) is 30.9 Å². The molecule has 3 aromatic heterocycles. The standard InChI is InChI=1S/C16H17N3O.2C16H11N3.Ir/c1-16(2,3)11-8-9-15(20)14(10-11)19-17-12-6-4-5-7-13(12)18-19;2*1-2-8-13-12(6-1)7-5-11-16(13)19-17-14-9-3-4-10-15(14)18-19;/h4-10,20H,1-3H3;2*1-11H;/p-1. The average molecular weight is 949 g/mol. The molecule has 0 N–H and O–H groups in total. The Hall–Kier alpha value is -7.07. The smallest absolute Gasteiger partial charge is 0.113 e. The largest absolute Gasteiger partial charge is 0.871 e. The van der Waals surface area contributed by atoms with Gasteiger partial charge in [-0.25, -0.2) is 0 Å². The molecule has 3 heterocycles. The van der Waals surface area contributed by atoms with Crippen LogP contribution in [0.3, 0.4) is 0 Å². The summed E-state index contributed by atoms with van der Waals surface area (Å²) in [6.45, 7) is 6.34. The van der Waals surface area contributed by atoms with Crippen molar-refractivity contribution in [1.29, 1.82) is 0 Å². The molecule has 0 bridgehead atoms. The number of hydrogen-bond acceptors (Lipinski definition) is 7. The van der Waals surface area contributed by atoms with E-state index in [1.54, 1.807) is 15.7 Å². The molecule has 0 unspecified atom stereocenters. The summed E-state index contributed by atoms with van der Waals surface area (Å²) < 4.78 is 0. The molecule has 0 atom stereocenters. The van der Waals surface area contributed by atoms with Crippen molar-refractivity contribution in [3.63, 3.8) is 0 Å². The summed E-state index contributed by atoms with van der Waals surface area (Å²) >= 11 is 0. The first-order valence-electron chi connectivity index (χ1n) is 19.0. The molecule has 11 heteroatoms. The summed E-state index contributed by atoms with van der Waals surface area (Å²) in [6.07, 6.45) is 0. The normalized spacial score (nSPS) is 11.2. The van der Waals surface area contributed by atoms with Crippen LogP contribution in [-0.4, -0.2) is 45.0 Å². The van der Waals surface area contributed by atoms with Gasteiger partial charge in [-0.15, -0.1) is 40.2 Å². The molecule has 8 aromatic carbocycles. The molecule has 1 radical (unpaired) electrons. The van der Waals surface area contributed by atoms with Gasteiger partial charge in [-0.3, -0.25) is 0 Å². The first kappa shape index (κ1) is 38.8. The Balaban J connectivity index is 0.000000122. The van der Waals surface area contributed by atoms with E-state index in [1.165, 1.54) is 15.6 Å². The molecule has 10 nitrogen and oxygen atoms in total. The SMILES string of the molecule is CC(C)(C)c1ccc([O-])c(-n2nc3ccccc3n2)c1.[Ir].c1ccc2c(-n3nc4ccccc4n3)cccc2c1.c1ccc2c(-n3nc4ccccc4n3)cccc2c1. The fourth-order valence-electron chi connectivity index (χ4n) is 6.81. The van der Waals surface area contributed by atoms with Crippen molar-refractivity contribution in [3.05, 3.63) is 181 Å². The minimum absolute atomic E-state index is 0. The maximum atomic E-state index is 12.1. The molecule has 0 saturated heterocycles. The van der Waals surface area contributed by atoms with E-state index in [-0.39, 0.29) is 31.3 Å². The zero-order valence-electron chi connectivity index (χ0n) is 32.5. The van der Waals surface area contributed by atoms with E-state index in [9.17, 15) is 5.11 Å². The van der Waals surface area contributed by atoms with Crippen LogP contribution in [0.5, 0.6) is 5.75 Å². The summed E-state index contributed by atoms with van der Waals surface area (Å²) in [4.78, 5) is 4.86. The maximum absolute atomic E-state index is 12.1. The van der Waals surface area contributed by atoms with Crippen LogP contribution in [0, 0.1) is 0 Å². The first-order valence-corrected chi connectivity index (χ1v) is 19.0. The number of nitrogens with zero attached hydrogens (tertiary/aromatic N) is 9. The van der Waals surface area contributed by atoms with Crippen LogP contribution in [0.2, 0.25) is 0 Å². The monoisotopic (exact) mass is 949 g/mol. The van der Waals surface area contributed by atoms with E-state index >= 15 is 0 Å². The van der Waals surface area contributed by atoms with Crippen molar-refractivity contribution in [1.82, 2.24) is 45.0 Å². The molecule has 0 fully saturated rings. The zero-order chi connectivity index (χ0) is 39.6. The van der Waals surface area contributed by atoms with Crippen LogP contribution in [0.15, 0.2) is 176 Å². The van der Waals surface area contributed by atoms with Gasteiger partial charge in [0.2, 0.25) is 0 Å². The van der Waals surface area contributed by atoms with E-state index in [4.69, 9.17) is 0 Å². The molecule has 11 rings (SSSR count). The van der Waals surface area contributed by atoms with Crippen molar-refractivity contribution in [3.8, 4) is 22.8 Å². The molecule has 0 amide bonds. The van der Waals surface area contributed by atoms with Crippen LogP contribution in [-0.2, 0) is 25.5 Å². The third-order valence-corrected chi connectivity index (χ3v) is 9.86. The first-order chi connectivity index (χ1) is 28.3. The zero-order valence-corrected chi connectivity index (χ0v) is 34.9. The van der Waals surface area contributed by atoms with E-state index in [1.807, 2.05) is 133 Å². The quantitative estimate of drug-likeness (QED) is 0.173. The number of benzene rings is 8. The van der Waals surface area contributed by atoms with Gasteiger partial charge in [-0.1, -0.05) is 148 Å². The second-order valence-corrected chi connectivity index (χ2v) is 14.9. The van der Waals surface area contributed by atoms with Gasteiger partial charge in [0.15, 0.2) is 0 Å². The van der Waals surface area contributed by atoms with Gasteiger partial charge in [0.25, 0.3) is 0 Å². The Labute approximate surface area is 353 Å². The maximum Gasteiger partial charge on any atom is 0.113 e. The van der Waals surface area contributed by atoms with Gasteiger partial charge in [-0.05, 0) is 76.3 Å². The van der Waals surface area contributed by atoms with Gasteiger partial charge < -0.3 is 5.11 Å². The number of hydrogen-bond donors (Lipinski definition) is 0. The Morgan fingerprint density at radius 1 is 0.373 bits per heavy atom. The molecular weight excluding hydrogens is 911 g/mol. The fourth-order valence-corrected chi connectivity index (χ4v) is 6.81. The summed E-state index contributed by atoms with van der Waals surface area (Å²) in [5.41, 5.74) is 8.80. The van der Waals surface area contributed by atoms with E-state index in [2.05, 4.69) is 87.8 Å². The second-order valence-electron chi connectivity index (χ2n) is 14.9. The molecule has 0 spiro atoms. The van der Waals surface area contributed by atoms with E-state index in [0.29, 0.717) is 5.69 Å². The molecular formula is C48H38IrN9O-. The topological polar surface area (TPSA) is 115 Å². The predicted molar refractivity (Wildman–Crippen MR) is 230 cm³/mol. The third kappa shape index (κ3) is 8.07. The van der Waals surface area contributed by atoms with Crippen molar-refractivity contribution in [2.75, 3.05) is 0 Å². The number of aromatic nitrogens is 9. The fraction of sp³-hybridized carbons (Fsp3) is 0.0833. The number of fused-ring (bicyclic) bond motifs is 5. The summed E-state index contributed by atoms with van der Waals surface area (Å²) in [7, 11) is 0. The molecule has 0 aliphatic rings. The van der Waals surface area contributed by atoms with Crippen molar-refractivity contribution < 1.29 is 25.2 Å². The van der Waals surface area contributed by atoms with Crippen LogP contribution in [0.25, 0.3) is 71.7 Å². The van der Waals surface area contributed by atoms with Crippen LogP contribution >= 0.6 is 0 Å². The summed E-state index contributed by atoms with van der Waals surface area (Å²) in [5.74, 6) is -0.0710. The van der Waals surface area contributed by atoms with Crippen molar-refractivity contribution in [2.24, 2.45) is 0 Å². The van der Waals surface area contributed by atoms with Crippen molar-refractivity contribution in [2.45, 2.75) is 26.2 Å².